The Morgan fingerprint density at radius 3 is 3.12 bits per heavy atom. The molecule has 5 nitrogen and oxygen atoms in total. The average molecular weight is 236 g/mol. The Morgan fingerprint density at radius 2 is 2.41 bits per heavy atom. The molecule has 1 aliphatic rings. The molecule has 1 aliphatic heterocycles. The van der Waals surface area contributed by atoms with E-state index in [4.69, 9.17) is 0 Å². The Bertz CT molecular complexity index is 429. The molecule has 0 amide bonds. The molecule has 94 valence electrons. The van der Waals surface area contributed by atoms with E-state index in [2.05, 4.69) is 27.1 Å². The van der Waals surface area contributed by atoms with Gasteiger partial charge in [-0.2, -0.15) is 0 Å². The Labute approximate surface area is 101 Å². The number of aromatic nitrogens is 2. The summed E-state index contributed by atoms with van der Waals surface area (Å²) in [6, 6.07) is 2.06. The van der Waals surface area contributed by atoms with Crippen LogP contribution < -0.4 is 10.9 Å². The quantitative estimate of drug-likeness (QED) is 0.783. The van der Waals surface area contributed by atoms with E-state index < -0.39 is 0 Å². The van der Waals surface area contributed by atoms with Gasteiger partial charge in [-0.15, -0.1) is 0 Å². The van der Waals surface area contributed by atoms with Crippen LogP contribution in [0.3, 0.4) is 0 Å². The van der Waals surface area contributed by atoms with Gasteiger partial charge in [-0.1, -0.05) is 6.92 Å². The number of hydrogen-bond acceptors (Lipinski definition) is 4. The summed E-state index contributed by atoms with van der Waals surface area (Å²) in [5, 5.41) is 3.35. The molecule has 0 aliphatic carbocycles. The zero-order valence-electron chi connectivity index (χ0n) is 10.5. The molecular weight excluding hydrogens is 216 g/mol. The number of nitrogens with zero attached hydrogens (tertiary/aromatic N) is 2. The number of hydrogen-bond donors (Lipinski definition) is 2. The van der Waals surface area contributed by atoms with Crippen LogP contribution in [0, 0.1) is 0 Å². The van der Waals surface area contributed by atoms with Crippen molar-refractivity contribution in [2.75, 3.05) is 19.6 Å². The van der Waals surface area contributed by atoms with E-state index in [9.17, 15) is 4.79 Å². The predicted molar refractivity (Wildman–Crippen MR) is 67.0 cm³/mol. The molecule has 0 aromatic carbocycles. The molecular formula is C12H20N4O. The highest BCUT2D eigenvalue weighted by Gasteiger charge is 2.18. The number of nitrogens with one attached hydrogen (secondary N) is 2. The highest BCUT2D eigenvalue weighted by Crippen LogP contribution is 2.06. The van der Waals surface area contributed by atoms with Crippen LogP contribution in [0.15, 0.2) is 10.9 Å². The summed E-state index contributed by atoms with van der Waals surface area (Å²) in [6.45, 7) is 7.93. The predicted octanol–water partition coefficient (Wildman–Crippen LogP) is 0.126. The summed E-state index contributed by atoms with van der Waals surface area (Å²) >= 11 is 0. The zero-order valence-corrected chi connectivity index (χ0v) is 10.5. The van der Waals surface area contributed by atoms with Gasteiger partial charge in [0.25, 0.3) is 5.56 Å². The van der Waals surface area contributed by atoms with Crippen molar-refractivity contribution in [3.63, 3.8) is 0 Å². The third-order valence-corrected chi connectivity index (χ3v) is 3.20. The third-order valence-electron chi connectivity index (χ3n) is 3.20. The molecule has 5 heteroatoms. The monoisotopic (exact) mass is 236 g/mol. The largest absolute Gasteiger partial charge is 0.314 e. The second-order valence-corrected chi connectivity index (χ2v) is 4.56. The fraction of sp³-hybridized carbons (Fsp3) is 0.667. The van der Waals surface area contributed by atoms with Crippen molar-refractivity contribution in [2.24, 2.45) is 0 Å². The Morgan fingerprint density at radius 1 is 1.59 bits per heavy atom. The molecule has 1 aromatic rings. The lowest BCUT2D eigenvalue weighted by molar-refractivity contribution is 0.161. The minimum atomic E-state index is -0.0466. The van der Waals surface area contributed by atoms with E-state index in [0.29, 0.717) is 6.04 Å². The normalized spacial score (nSPS) is 21.6. The van der Waals surface area contributed by atoms with Gasteiger partial charge >= 0.3 is 0 Å². The maximum atomic E-state index is 11.5. The second-order valence-electron chi connectivity index (χ2n) is 4.56. The third kappa shape index (κ3) is 3.14. The fourth-order valence-corrected chi connectivity index (χ4v) is 2.13. The van der Waals surface area contributed by atoms with Gasteiger partial charge in [-0.05, 0) is 13.3 Å². The smallest absolute Gasteiger partial charge is 0.251 e. The molecule has 1 saturated heterocycles. The highest BCUT2D eigenvalue weighted by molar-refractivity contribution is 5.02. The average Bonchev–Trinajstić information content (AvgIpc) is 2.31. The van der Waals surface area contributed by atoms with Crippen molar-refractivity contribution in [2.45, 2.75) is 32.9 Å². The van der Waals surface area contributed by atoms with E-state index in [1.165, 1.54) is 0 Å². The molecule has 0 unspecified atom stereocenters. The van der Waals surface area contributed by atoms with Gasteiger partial charge < -0.3 is 10.3 Å². The van der Waals surface area contributed by atoms with E-state index >= 15 is 0 Å². The maximum Gasteiger partial charge on any atom is 0.251 e. The van der Waals surface area contributed by atoms with Crippen molar-refractivity contribution >= 4 is 0 Å². The summed E-state index contributed by atoms with van der Waals surface area (Å²) < 4.78 is 0. The van der Waals surface area contributed by atoms with Gasteiger partial charge in [0.2, 0.25) is 0 Å². The molecule has 1 fully saturated rings. The number of rotatable bonds is 3. The first kappa shape index (κ1) is 12.3. The van der Waals surface area contributed by atoms with Crippen LogP contribution in [0.1, 0.15) is 25.4 Å². The van der Waals surface area contributed by atoms with Crippen LogP contribution in [0.2, 0.25) is 0 Å². The van der Waals surface area contributed by atoms with Gasteiger partial charge in [0.15, 0.2) is 0 Å². The molecule has 1 aromatic heterocycles. The topological polar surface area (TPSA) is 61.0 Å². The molecule has 2 rings (SSSR count). The van der Waals surface area contributed by atoms with Crippen LogP contribution in [-0.4, -0.2) is 40.5 Å². The standard InChI is InChI=1S/C12H20N4O/c1-3-10-6-12(17)15-11(14-10)8-16-5-4-13-7-9(16)2/h6,9,13H,3-5,7-8H2,1-2H3,(H,14,15,17)/t9-/m0/s1. The van der Waals surface area contributed by atoms with Gasteiger partial charge in [0.1, 0.15) is 5.82 Å². The summed E-state index contributed by atoms with van der Waals surface area (Å²) in [6.07, 6.45) is 0.800. The maximum absolute atomic E-state index is 11.5. The summed E-state index contributed by atoms with van der Waals surface area (Å²) in [5.41, 5.74) is 0.821. The molecule has 2 heterocycles. The van der Waals surface area contributed by atoms with Gasteiger partial charge in [-0.3, -0.25) is 9.69 Å². The number of aromatic amines is 1. The van der Waals surface area contributed by atoms with E-state index in [0.717, 1.165) is 44.1 Å². The molecule has 17 heavy (non-hydrogen) atoms. The highest BCUT2D eigenvalue weighted by atomic mass is 16.1. The van der Waals surface area contributed by atoms with Crippen molar-refractivity contribution in [3.8, 4) is 0 Å². The summed E-state index contributed by atoms with van der Waals surface area (Å²) in [4.78, 5) is 21.1. The number of H-pyrrole nitrogens is 1. The molecule has 0 spiro atoms. The van der Waals surface area contributed by atoms with E-state index in [-0.39, 0.29) is 5.56 Å². The summed E-state index contributed by atoms with van der Waals surface area (Å²) in [5.74, 6) is 0.781. The molecule has 0 radical (unpaired) electrons. The van der Waals surface area contributed by atoms with Gasteiger partial charge in [-0.25, -0.2) is 4.98 Å². The first-order valence-electron chi connectivity index (χ1n) is 6.23. The van der Waals surface area contributed by atoms with Crippen molar-refractivity contribution in [1.29, 1.82) is 0 Å². The fourth-order valence-electron chi connectivity index (χ4n) is 2.13. The summed E-state index contributed by atoms with van der Waals surface area (Å²) in [7, 11) is 0. The van der Waals surface area contributed by atoms with Gasteiger partial charge in [0.05, 0.1) is 6.54 Å². The van der Waals surface area contributed by atoms with Crippen LogP contribution >= 0.6 is 0 Å². The van der Waals surface area contributed by atoms with E-state index in [1.807, 2.05) is 6.92 Å². The van der Waals surface area contributed by atoms with Crippen LogP contribution in [0.25, 0.3) is 0 Å². The minimum Gasteiger partial charge on any atom is -0.314 e. The molecule has 0 saturated carbocycles. The lowest BCUT2D eigenvalue weighted by atomic mass is 10.2. The molecule has 2 N–H and O–H groups in total. The van der Waals surface area contributed by atoms with Crippen molar-refractivity contribution in [1.82, 2.24) is 20.2 Å². The number of piperazine rings is 1. The first-order chi connectivity index (χ1) is 8.19. The van der Waals surface area contributed by atoms with Crippen LogP contribution in [-0.2, 0) is 13.0 Å². The molecule has 0 bridgehead atoms. The SMILES string of the molecule is CCc1cc(=O)[nH]c(CN2CCNC[C@@H]2C)n1. The molecule has 1 atom stereocenters. The van der Waals surface area contributed by atoms with Crippen molar-refractivity contribution in [3.05, 3.63) is 27.9 Å². The van der Waals surface area contributed by atoms with Crippen LogP contribution in [0.4, 0.5) is 0 Å². The zero-order chi connectivity index (χ0) is 12.3. The Kier molecular flexibility index (Phi) is 3.91. The van der Waals surface area contributed by atoms with E-state index in [1.54, 1.807) is 6.07 Å². The Balaban J connectivity index is 2.11. The van der Waals surface area contributed by atoms with Crippen LogP contribution in [0.5, 0.6) is 0 Å². The Hall–Kier alpha value is -1.20. The number of aryl methyl sites for hydroxylation is 1. The lowest BCUT2D eigenvalue weighted by Gasteiger charge is -2.33. The second kappa shape index (κ2) is 5.42. The first-order valence-corrected chi connectivity index (χ1v) is 6.23. The van der Waals surface area contributed by atoms with Crippen molar-refractivity contribution < 1.29 is 0 Å². The minimum absolute atomic E-state index is 0.0466. The van der Waals surface area contributed by atoms with Gasteiger partial charge in [0, 0.05) is 37.4 Å². The lowest BCUT2D eigenvalue weighted by Crippen LogP contribution is -2.49.